The van der Waals surface area contributed by atoms with Gasteiger partial charge in [0.2, 0.25) is 0 Å². The van der Waals surface area contributed by atoms with Crippen LogP contribution < -0.4 is 4.74 Å². The van der Waals surface area contributed by atoms with Crippen LogP contribution in [0.25, 0.3) is 0 Å². The Kier molecular flexibility index (Phi) is 3.68. The van der Waals surface area contributed by atoms with Crippen LogP contribution in [0.5, 0.6) is 5.75 Å². The highest BCUT2D eigenvalue weighted by atomic mass is 16.5. The molecule has 0 aliphatic rings. The van der Waals surface area contributed by atoms with Gasteiger partial charge in [-0.25, -0.2) is 0 Å². The van der Waals surface area contributed by atoms with E-state index in [1.807, 2.05) is 61.5 Å². The summed E-state index contributed by atoms with van der Waals surface area (Å²) in [6, 6.07) is 17.5. The summed E-state index contributed by atoms with van der Waals surface area (Å²) in [6.45, 7) is 1.84. The molecule has 2 aromatic carbocycles. The SMILES string of the molecule is COc1cccc(CC(C)(O)c2ccccc2)c1. The normalized spacial score (nSPS) is 13.9. The van der Waals surface area contributed by atoms with Crippen LogP contribution >= 0.6 is 0 Å². The smallest absolute Gasteiger partial charge is 0.119 e. The van der Waals surface area contributed by atoms with Gasteiger partial charge in [-0.15, -0.1) is 0 Å². The van der Waals surface area contributed by atoms with Crippen molar-refractivity contribution < 1.29 is 9.84 Å². The van der Waals surface area contributed by atoms with Gasteiger partial charge in [0.25, 0.3) is 0 Å². The van der Waals surface area contributed by atoms with Crippen molar-refractivity contribution in [2.24, 2.45) is 0 Å². The zero-order valence-corrected chi connectivity index (χ0v) is 10.8. The summed E-state index contributed by atoms with van der Waals surface area (Å²) in [4.78, 5) is 0. The number of hydrogen-bond donors (Lipinski definition) is 1. The van der Waals surface area contributed by atoms with Crippen LogP contribution in [-0.2, 0) is 12.0 Å². The molecule has 0 radical (unpaired) electrons. The van der Waals surface area contributed by atoms with E-state index < -0.39 is 5.60 Å². The molecule has 0 aliphatic carbocycles. The van der Waals surface area contributed by atoms with Gasteiger partial charge in [-0.1, -0.05) is 42.5 Å². The van der Waals surface area contributed by atoms with Gasteiger partial charge in [0, 0.05) is 6.42 Å². The quantitative estimate of drug-likeness (QED) is 0.892. The molecule has 0 fully saturated rings. The summed E-state index contributed by atoms with van der Waals surface area (Å²) < 4.78 is 5.19. The molecule has 2 aromatic rings. The fourth-order valence-electron chi connectivity index (χ4n) is 2.08. The second kappa shape index (κ2) is 5.23. The summed E-state index contributed by atoms with van der Waals surface area (Å²) in [7, 11) is 1.65. The van der Waals surface area contributed by atoms with Crippen molar-refractivity contribution in [3.8, 4) is 5.75 Å². The average Bonchev–Trinajstić information content (AvgIpc) is 2.39. The predicted octanol–water partition coefficient (Wildman–Crippen LogP) is 3.15. The summed E-state index contributed by atoms with van der Waals surface area (Å²) in [5.41, 5.74) is 1.11. The Morgan fingerprint density at radius 1 is 1.06 bits per heavy atom. The van der Waals surface area contributed by atoms with E-state index >= 15 is 0 Å². The Balaban J connectivity index is 2.22. The Morgan fingerprint density at radius 2 is 1.78 bits per heavy atom. The van der Waals surface area contributed by atoms with E-state index in [9.17, 15) is 5.11 Å². The molecule has 0 heterocycles. The van der Waals surface area contributed by atoms with Gasteiger partial charge in [-0.3, -0.25) is 0 Å². The van der Waals surface area contributed by atoms with Crippen molar-refractivity contribution in [3.63, 3.8) is 0 Å². The van der Waals surface area contributed by atoms with Gasteiger partial charge in [-0.2, -0.15) is 0 Å². The van der Waals surface area contributed by atoms with Gasteiger partial charge < -0.3 is 9.84 Å². The molecule has 1 unspecified atom stereocenters. The molecule has 1 atom stereocenters. The molecule has 2 heteroatoms. The number of benzene rings is 2. The maximum Gasteiger partial charge on any atom is 0.119 e. The first kappa shape index (κ1) is 12.7. The monoisotopic (exact) mass is 242 g/mol. The first-order valence-electron chi connectivity index (χ1n) is 6.03. The lowest BCUT2D eigenvalue weighted by molar-refractivity contribution is 0.0576. The second-order valence-electron chi connectivity index (χ2n) is 4.67. The van der Waals surface area contributed by atoms with Crippen molar-refractivity contribution in [2.45, 2.75) is 18.9 Å². The molecule has 0 aliphatic heterocycles. The van der Waals surface area contributed by atoms with E-state index in [1.165, 1.54) is 0 Å². The summed E-state index contributed by atoms with van der Waals surface area (Å²) in [5.74, 6) is 0.816. The van der Waals surface area contributed by atoms with E-state index in [2.05, 4.69) is 0 Å². The molecular weight excluding hydrogens is 224 g/mol. The first-order chi connectivity index (χ1) is 8.62. The molecule has 0 saturated heterocycles. The number of hydrogen-bond acceptors (Lipinski definition) is 2. The van der Waals surface area contributed by atoms with Gasteiger partial charge in [0.05, 0.1) is 12.7 Å². The topological polar surface area (TPSA) is 29.5 Å². The number of ether oxygens (including phenoxy) is 1. The molecule has 94 valence electrons. The van der Waals surface area contributed by atoms with Gasteiger partial charge >= 0.3 is 0 Å². The molecular formula is C16H18O2. The number of rotatable bonds is 4. The summed E-state index contributed by atoms with van der Waals surface area (Å²) in [6.07, 6.45) is 0.564. The molecule has 1 N–H and O–H groups in total. The van der Waals surface area contributed by atoms with Crippen LogP contribution in [0.1, 0.15) is 18.1 Å². The zero-order valence-electron chi connectivity index (χ0n) is 10.8. The Morgan fingerprint density at radius 3 is 2.44 bits per heavy atom. The van der Waals surface area contributed by atoms with Crippen LogP contribution in [0, 0.1) is 0 Å². The third kappa shape index (κ3) is 2.90. The van der Waals surface area contributed by atoms with E-state index in [0.717, 1.165) is 16.9 Å². The molecule has 0 spiro atoms. The first-order valence-corrected chi connectivity index (χ1v) is 6.03. The lowest BCUT2D eigenvalue weighted by Crippen LogP contribution is -2.24. The van der Waals surface area contributed by atoms with E-state index in [0.29, 0.717) is 6.42 Å². The standard InChI is InChI=1S/C16H18O2/c1-16(17,14-8-4-3-5-9-14)12-13-7-6-10-15(11-13)18-2/h3-11,17H,12H2,1-2H3. The maximum absolute atomic E-state index is 10.6. The third-order valence-electron chi connectivity index (χ3n) is 3.08. The Hall–Kier alpha value is -1.80. The van der Waals surface area contributed by atoms with Crippen LogP contribution in [0.4, 0.5) is 0 Å². The van der Waals surface area contributed by atoms with Crippen LogP contribution in [0.15, 0.2) is 54.6 Å². The van der Waals surface area contributed by atoms with Gasteiger partial charge in [0.15, 0.2) is 0 Å². The zero-order chi connectivity index (χ0) is 13.0. The number of methoxy groups -OCH3 is 1. The van der Waals surface area contributed by atoms with Gasteiger partial charge in [0.1, 0.15) is 5.75 Å². The fraction of sp³-hybridized carbons (Fsp3) is 0.250. The highest BCUT2D eigenvalue weighted by Crippen LogP contribution is 2.26. The minimum Gasteiger partial charge on any atom is -0.497 e. The Labute approximate surface area is 108 Å². The van der Waals surface area contributed by atoms with Crippen molar-refractivity contribution in [1.29, 1.82) is 0 Å². The van der Waals surface area contributed by atoms with E-state index in [4.69, 9.17) is 4.74 Å². The lowest BCUT2D eigenvalue weighted by atomic mass is 9.89. The largest absolute Gasteiger partial charge is 0.497 e. The molecule has 0 aromatic heterocycles. The second-order valence-corrected chi connectivity index (χ2v) is 4.67. The maximum atomic E-state index is 10.6. The minimum absolute atomic E-state index is 0.564. The third-order valence-corrected chi connectivity index (χ3v) is 3.08. The minimum atomic E-state index is -0.867. The summed E-state index contributed by atoms with van der Waals surface area (Å²) in [5, 5.41) is 10.6. The van der Waals surface area contributed by atoms with Crippen LogP contribution in [-0.4, -0.2) is 12.2 Å². The molecule has 0 saturated carbocycles. The number of aliphatic hydroxyl groups is 1. The molecule has 2 rings (SSSR count). The van der Waals surface area contributed by atoms with Crippen molar-refractivity contribution in [2.75, 3.05) is 7.11 Å². The molecule has 0 amide bonds. The highest BCUT2D eigenvalue weighted by Gasteiger charge is 2.23. The molecule has 2 nitrogen and oxygen atoms in total. The van der Waals surface area contributed by atoms with Gasteiger partial charge in [-0.05, 0) is 30.2 Å². The average molecular weight is 242 g/mol. The predicted molar refractivity (Wildman–Crippen MR) is 72.7 cm³/mol. The fourth-order valence-corrected chi connectivity index (χ4v) is 2.08. The van der Waals surface area contributed by atoms with E-state index in [1.54, 1.807) is 7.11 Å². The van der Waals surface area contributed by atoms with Crippen LogP contribution in [0.3, 0.4) is 0 Å². The van der Waals surface area contributed by atoms with Crippen molar-refractivity contribution in [1.82, 2.24) is 0 Å². The van der Waals surface area contributed by atoms with Crippen LogP contribution in [0.2, 0.25) is 0 Å². The summed E-state index contributed by atoms with van der Waals surface area (Å²) >= 11 is 0. The van der Waals surface area contributed by atoms with E-state index in [-0.39, 0.29) is 0 Å². The lowest BCUT2D eigenvalue weighted by Gasteiger charge is -2.24. The molecule has 18 heavy (non-hydrogen) atoms. The van der Waals surface area contributed by atoms with Crippen molar-refractivity contribution in [3.05, 3.63) is 65.7 Å². The highest BCUT2D eigenvalue weighted by molar-refractivity contribution is 5.31. The van der Waals surface area contributed by atoms with Crippen molar-refractivity contribution >= 4 is 0 Å². The Bertz CT molecular complexity index is 504. The molecule has 0 bridgehead atoms.